The molecule has 2 saturated heterocycles. The zero-order valence-corrected chi connectivity index (χ0v) is 13.8. The Bertz CT molecular complexity index is 724. The van der Waals surface area contributed by atoms with Crippen molar-refractivity contribution >= 4 is 17.4 Å². The minimum absolute atomic E-state index is 0.112. The normalized spacial score (nSPS) is 23.0. The quantitative estimate of drug-likeness (QED) is 0.802. The predicted molar refractivity (Wildman–Crippen MR) is 87.7 cm³/mol. The fourth-order valence-electron chi connectivity index (χ4n) is 3.53. The van der Waals surface area contributed by atoms with Crippen molar-refractivity contribution in [2.24, 2.45) is 5.92 Å². The number of rotatable bonds is 2. The molecule has 8 heteroatoms. The molecular weight excluding hydrogens is 308 g/mol. The van der Waals surface area contributed by atoms with Crippen molar-refractivity contribution in [1.29, 1.82) is 0 Å². The standard InChI is InChI=1S/C16H22N6O2/c1-12-10-24-9-8-21(12)16(23)13-4-6-20(7-5-13)15-3-2-14-18-17-11-22(14)19-15/h2-3,11-13H,4-10H2,1H3. The average molecular weight is 330 g/mol. The van der Waals surface area contributed by atoms with Gasteiger partial charge in [0.15, 0.2) is 5.65 Å². The number of anilines is 1. The van der Waals surface area contributed by atoms with E-state index in [2.05, 4.69) is 27.1 Å². The number of aromatic nitrogens is 4. The highest BCUT2D eigenvalue weighted by Crippen LogP contribution is 2.24. The maximum Gasteiger partial charge on any atom is 0.226 e. The summed E-state index contributed by atoms with van der Waals surface area (Å²) >= 11 is 0. The highest BCUT2D eigenvalue weighted by Gasteiger charge is 2.32. The smallest absolute Gasteiger partial charge is 0.226 e. The van der Waals surface area contributed by atoms with Gasteiger partial charge in [0.25, 0.3) is 0 Å². The van der Waals surface area contributed by atoms with Crippen LogP contribution in [0.4, 0.5) is 5.82 Å². The van der Waals surface area contributed by atoms with E-state index in [0.29, 0.717) is 19.8 Å². The molecule has 0 aliphatic carbocycles. The van der Waals surface area contributed by atoms with Gasteiger partial charge in [-0.25, -0.2) is 0 Å². The fourth-order valence-corrected chi connectivity index (χ4v) is 3.53. The number of nitrogens with zero attached hydrogens (tertiary/aromatic N) is 6. The van der Waals surface area contributed by atoms with Crippen molar-refractivity contribution in [2.75, 3.05) is 37.7 Å². The lowest BCUT2D eigenvalue weighted by Crippen LogP contribution is -2.51. The van der Waals surface area contributed by atoms with Gasteiger partial charge in [0.05, 0.1) is 19.3 Å². The van der Waals surface area contributed by atoms with E-state index in [1.807, 2.05) is 17.0 Å². The topological polar surface area (TPSA) is 75.9 Å². The summed E-state index contributed by atoms with van der Waals surface area (Å²) in [6, 6.07) is 4.07. The minimum Gasteiger partial charge on any atom is -0.377 e. The van der Waals surface area contributed by atoms with Crippen LogP contribution in [0.15, 0.2) is 18.5 Å². The molecule has 1 atom stereocenters. The molecule has 4 heterocycles. The Hall–Kier alpha value is -2.22. The van der Waals surface area contributed by atoms with Crippen LogP contribution in [-0.4, -0.2) is 69.5 Å². The minimum atomic E-state index is 0.112. The molecule has 2 fully saturated rings. The van der Waals surface area contributed by atoms with Gasteiger partial charge in [-0.05, 0) is 31.9 Å². The first-order chi connectivity index (χ1) is 11.7. The van der Waals surface area contributed by atoms with Crippen LogP contribution in [0.25, 0.3) is 5.65 Å². The largest absolute Gasteiger partial charge is 0.377 e. The first kappa shape index (κ1) is 15.3. The molecule has 24 heavy (non-hydrogen) atoms. The SMILES string of the molecule is CC1COCCN1C(=O)C1CCN(c2ccc3nncn3n2)CC1. The zero-order valence-electron chi connectivity index (χ0n) is 13.8. The highest BCUT2D eigenvalue weighted by atomic mass is 16.5. The molecule has 2 aliphatic rings. The van der Waals surface area contributed by atoms with Gasteiger partial charge in [-0.15, -0.1) is 15.3 Å². The summed E-state index contributed by atoms with van der Waals surface area (Å²) in [5.41, 5.74) is 0.741. The predicted octanol–water partition coefficient (Wildman–Crippen LogP) is 0.588. The monoisotopic (exact) mass is 330 g/mol. The third-order valence-electron chi connectivity index (χ3n) is 4.97. The molecule has 2 aromatic rings. The Morgan fingerprint density at radius 2 is 2.08 bits per heavy atom. The molecule has 0 aromatic carbocycles. The molecule has 1 amide bonds. The van der Waals surface area contributed by atoms with Gasteiger partial charge >= 0.3 is 0 Å². The Balaban J connectivity index is 1.40. The van der Waals surface area contributed by atoms with Crippen LogP contribution in [0.2, 0.25) is 0 Å². The molecule has 4 rings (SSSR count). The van der Waals surface area contributed by atoms with Gasteiger partial charge in [0, 0.05) is 25.6 Å². The molecular formula is C16H22N6O2. The summed E-state index contributed by atoms with van der Waals surface area (Å²) < 4.78 is 7.11. The van der Waals surface area contributed by atoms with E-state index in [9.17, 15) is 4.79 Å². The van der Waals surface area contributed by atoms with Gasteiger partial charge < -0.3 is 14.5 Å². The van der Waals surface area contributed by atoms with E-state index in [0.717, 1.165) is 37.4 Å². The van der Waals surface area contributed by atoms with E-state index in [4.69, 9.17) is 4.74 Å². The van der Waals surface area contributed by atoms with Gasteiger partial charge in [-0.3, -0.25) is 4.79 Å². The number of carbonyl (C=O) groups excluding carboxylic acids is 1. The lowest BCUT2D eigenvalue weighted by Gasteiger charge is -2.38. The molecule has 2 aliphatic heterocycles. The van der Waals surface area contributed by atoms with E-state index in [1.165, 1.54) is 0 Å². The van der Waals surface area contributed by atoms with E-state index in [-0.39, 0.29) is 17.9 Å². The number of ether oxygens (including phenoxy) is 1. The zero-order chi connectivity index (χ0) is 16.5. The third-order valence-corrected chi connectivity index (χ3v) is 4.97. The van der Waals surface area contributed by atoms with Crippen LogP contribution in [0.1, 0.15) is 19.8 Å². The Kier molecular flexibility index (Phi) is 4.05. The molecule has 0 radical (unpaired) electrons. The summed E-state index contributed by atoms with van der Waals surface area (Å²) in [7, 11) is 0. The van der Waals surface area contributed by atoms with E-state index >= 15 is 0 Å². The van der Waals surface area contributed by atoms with Gasteiger partial charge in [-0.1, -0.05) is 0 Å². The number of fused-ring (bicyclic) bond motifs is 1. The lowest BCUT2D eigenvalue weighted by molar-refractivity contribution is -0.144. The van der Waals surface area contributed by atoms with Crippen LogP contribution < -0.4 is 4.90 Å². The molecule has 0 saturated carbocycles. The first-order valence-electron chi connectivity index (χ1n) is 8.52. The number of carbonyl (C=O) groups is 1. The van der Waals surface area contributed by atoms with Gasteiger partial charge in [0.1, 0.15) is 12.1 Å². The Morgan fingerprint density at radius 1 is 1.25 bits per heavy atom. The maximum atomic E-state index is 12.8. The molecule has 0 N–H and O–H groups in total. The Morgan fingerprint density at radius 3 is 2.88 bits per heavy atom. The fraction of sp³-hybridized carbons (Fsp3) is 0.625. The number of hydrogen-bond donors (Lipinski definition) is 0. The lowest BCUT2D eigenvalue weighted by atomic mass is 9.94. The number of amides is 1. The molecule has 2 aromatic heterocycles. The van der Waals surface area contributed by atoms with Crippen molar-refractivity contribution in [2.45, 2.75) is 25.8 Å². The van der Waals surface area contributed by atoms with Crippen LogP contribution >= 0.6 is 0 Å². The summed E-state index contributed by atoms with van der Waals surface area (Å²) in [5, 5.41) is 12.4. The van der Waals surface area contributed by atoms with Crippen LogP contribution in [0.5, 0.6) is 0 Å². The highest BCUT2D eigenvalue weighted by molar-refractivity contribution is 5.79. The average Bonchev–Trinajstić information content (AvgIpc) is 3.09. The van der Waals surface area contributed by atoms with Crippen molar-refractivity contribution < 1.29 is 9.53 Å². The second-order valence-corrected chi connectivity index (χ2v) is 6.54. The number of piperidine rings is 1. The third kappa shape index (κ3) is 2.82. The van der Waals surface area contributed by atoms with Crippen LogP contribution in [0, 0.1) is 5.92 Å². The molecule has 8 nitrogen and oxygen atoms in total. The van der Waals surface area contributed by atoms with Crippen molar-refractivity contribution in [3.8, 4) is 0 Å². The van der Waals surface area contributed by atoms with Crippen molar-refractivity contribution in [1.82, 2.24) is 24.7 Å². The van der Waals surface area contributed by atoms with E-state index < -0.39 is 0 Å². The first-order valence-corrected chi connectivity index (χ1v) is 8.52. The summed E-state index contributed by atoms with van der Waals surface area (Å²) in [5.74, 6) is 1.31. The number of hydrogen-bond acceptors (Lipinski definition) is 6. The molecule has 1 unspecified atom stereocenters. The van der Waals surface area contributed by atoms with E-state index in [1.54, 1.807) is 10.8 Å². The molecule has 0 spiro atoms. The van der Waals surface area contributed by atoms with Crippen LogP contribution in [-0.2, 0) is 9.53 Å². The maximum absolute atomic E-state index is 12.8. The molecule has 0 bridgehead atoms. The second-order valence-electron chi connectivity index (χ2n) is 6.54. The van der Waals surface area contributed by atoms with Gasteiger partial charge in [-0.2, -0.15) is 4.52 Å². The van der Waals surface area contributed by atoms with Crippen LogP contribution in [0.3, 0.4) is 0 Å². The van der Waals surface area contributed by atoms with Crippen molar-refractivity contribution in [3.63, 3.8) is 0 Å². The Labute approximate surface area is 140 Å². The summed E-state index contributed by atoms with van der Waals surface area (Å²) in [6.45, 7) is 5.76. The summed E-state index contributed by atoms with van der Waals surface area (Å²) in [4.78, 5) is 17.0. The second kappa shape index (κ2) is 6.35. The molecule has 128 valence electrons. The number of morpholine rings is 1. The summed E-state index contributed by atoms with van der Waals surface area (Å²) in [6.07, 6.45) is 3.34. The van der Waals surface area contributed by atoms with Gasteiger partial charge in [0.2, 0.25) is 5.91 Å². The van der Waals surface area contributed by atoms with Crippen molar-refractivity contribution in [3.05, 3.63) is 18.5 Å².